The molecule has 80 valence electrons. The van der Waals surface area contributed by atoms with E-state index < -0.39 is 10.8 Å². The van der Waals surface area contributed by atoms with Crippen molar-refractivity contribution in [3.05, 3.63) is 33.9 Å². The lowest BCUT2D eigenvalue weighted by Crippen LogP contribution is -2.11. The number of carbonyl (C=O) groups is 1. The van der Waals surface area contributed by atoms with E-state index in [-0.39, 0.29) is 17.8 Å². The smallest absolute Gasteiger partial charge is 0.292 e. The highest BCUT2D eigenvalue weighted by Gasteiger charge is 2.11. The summed E-state index contributed by atoms with van der Waals surface area (Å²) in [5.41, 5.74) is 11.0. The number of amides is 1. The lowest BCUT2D eigenvalue weighted by molar-refractivity contribution is -0.384. The van der Waals surface area contributed by atoms with Crippen molar-refractivity contribution in [1.82, 2.24) is 0 Å². The van der Waals surface area contributed by atoms with Gasteiger partial charge in [-0.1, -0.05) is 6.07 Å². The number of nitrogens with two attached hydrogens (primary N) is 2. The number of primary amides is 1. The highest BCUT2D eigenvalue weighted by Crippen LogP contribution is 2.22. The molecule has 0 bridgehead atoms. The van der Waals surface area contributed by atoms with Gasteiger partial charge in [-0.15, -0.1) is 0 Å². The number of rotatable bonds is 4. The van der Waals surface area contributed by atoms with E-state index in [1.165, 1.54) is 12.1 Å². The molecule has 0 aliphatic rings. The van der Waals surface area contributed by atoms with Crippen LogP contribution in [0.2, 0.25) is 0 Å². The molecule has 0 saturated heterocycles. The van der Waals surface area contributed by atoms with Crippen molar-refractivity contribution >= 4 is 17.3 Å². The maximum Gasteiger partial charge on any atom is 0.292 e. The van der Waals surface area contributed by atoms with Crippen LogP contribution in [0, 0.1) is 10.1 Å². The van der Waals surface area contributed by atoms with Crippen molar-refractivity contribution < 1.29 is 9.72 Å². The second-order valence-corrected chi connectivity index (χ2v) is 3.12. The summed E-state index contributed by atoms with van der Waals surface area (Å²) in [4.78, 5) is 20.5. The van der Waals surface area contributed by atoms with E-state index >= 15 is 0 Å². The number of nitro benzene ring substituents is 1. The Morgan fingerprint density at radius 2 is 2.13 bits per heavy atom. The maximum absolute atomic E-state index is 10.5. The van der Waals surface area contributed by atoms with Crippen molar-refractivity contribution in [2.75, 3.05) is 5.73 Å². The molecule has 0 radical (unpaired) electrons. The standard InChI is InChI=1S/C9H11N3O3/c10-7-3-1-6(2-4-9(11)13)5-8(7)12(14)15/h1,3,5H,2,4,10H2,(H2,11,13). The molecule has 1 amide bonds. The van der Waals surface area contributed by atoms with Crippen LogP contribution in [0.5, 0.6) is 0 Å². The van der Waals surface area contributed by atoms with Gasteiger partial charge in [-0.25, -0.2) is 0 Å². The van der Waals surface area contributed by atoms with Crippen molar-refractivity contribution in [1.29, 1.82) is 0 Å². The zero-order valence-corrected chi connectivity index (χ0v) is 7.97. The van der Waals surface area contributed by atoms with Gasteiger partial charge >= 0.3 is 0 Å². The summed E-state index contributed by atoms with van der Waals surface area (Å²) >= 11 is 0. The summed E-state index contributed by atoms with van der Waals surface area (Å²) in [7, 11) is 0. The number of nitro groups is 1. The molecule has 0 aliphatic carbocycles. The van der Waals surface area contributed by atoms with E-state index in [0.717, 1.165) is 0 Å². The predicted molar refractivity (Wildman–Crippen MR) is 55.0 cm³/mol. The molecule has 1 aromatic rings. The second kappa shape index (κ2) is 4.41. The SMILES string of the molecule is NC(=O)CCc1ccc(N)c([N+](=O)[O-])c1. The molecule has 6 heteroatoms. The summed E-state index contributed by atoms with van der Waals surface area (Å²) in [6, 6.07) is 4.46. The maximum atomic E-state index is 10.5. The summed E-state index contributed by atoms with van der Waals surface area (Å²) in [6.07, 6.45) is 0.553. The normalized spacial score (nSPS) is 9.87. The van der Waals surface area contributed by atoms with Crippen LogP contribution in [0.4, 0.5) is 11.4 Å². The molecule has 1 aromatic carbocycles. The van der Waals surface area contributed by atoms with Crippen molar-refractivity contribution in [2.45, 2.75) is 12.8 Å². The van der Waals surface area contributed by atoms with Crippen LogP contribution >= 0.6 is 0 Å². The molecule has 6 nitrogen and oxygen atoms in total. The Balaban J connectivity index is 2.87. The minimum Gasteiger partial charge on any atom is -0.393 e. The fourth-order valence-corrected chi connectivity index (χ4v) is 1.17. The van der Waals surface area contributed by atoms with Gasteiger partial charge < -0.3 is 11.5 Å². The monoisotopic (exact) mass is 209 g/mol. The Morgan fingerprint density at radius 1 is 1.47 bits per heavy atom. The topological polar surface area (TPSA) is 112 Å². The van der Waals surface area contributed by atoms with Crippen LogP contribution in [-0.2, 0) is 11.2 Å². The molecular weight excluding hydrogens is 198 g/mol. The Morgan fingerprint density at radius 3 is 2.67 bits per heavy atom. The van der Waals surface area contributed by atoms with Crippen LogP contribution in [-0.4, -0.2) is 10.8 Å². The zero-order valence-electron chi connectivity index (χ0n) is 7.97. The first kappa shape index (κ1) is 11.0. The summed E-state index contributed by atoms with van der Waals surface area (Å²) in [5, 5.41) is 10.5. The van der Waals surface area contributed by atoms with E-state index in [1.807, 2.05) is 0 Å². The zero-order chi connectivity index (χ0) is 11.4. The largest absolute Gasteiger partial charge is 0.393 e. The number of nitrogens with zero attached hydrogens (tertiary/aromatic N) is 1. The first-order chi connectivity index (χ1) is 7.00. The Hall–Kier alpha value is -2.11. The molecule has 0 unspecified atom stereocenters. The molecule has 0 heterocycles. The Bertz CT molecular complexity index is 404. The number of carbonyl (C=O) groups excluding carboxylic acids is 1. The van der Waals surface area contributed by atoms with E-state index in [4.69, 9.17) is 11.5 Å². The van der Waals surface area contributed by atoms with Crippen LogP contribution in [0.25, 0.3) is 0 Å². The molecule has 15 heavy (non-hydrogen) atoms. The van der Waals surface area contributed by atoms with Gasteiger partial charge in [0.25, 0.3) is 5.69 Å². The molecule has 1 rings (SSSR count). The minimum atomic E-state index is -0.552. The van der Waals surface area contributed by atoms with Gasteiger partial charge in [0.2, 0.25) is 5.91 Å². The van der Waals surface area contributed by atoms with Crippen molar-refractivity contribution in [3.8, 4) is 0 Å². The third kappa shape index (κ3) is 2.94. The lowest BCUT2D eigenvalue weighted by atomic mass is 10.1. The van der Waals surface area contributed by atoms with E-state index in [1.54, 1.807) is 6.07 Å². The van der Waals surface area contributed by atoms with Gasteiger partial charge in [0.05, 0.1) is 4.92 Å². The van der Waals surface area contributed by atoms with E-state index in [0.29, 0.717) is 12.0 Å². The summed E-state index contributed by atoms with van der Waals surface area (Å²) in [5.74, 6) is -0.436. The van der Waals surface area contributed by atoms with Crippen LogP contribution < -0.4 is 11.5 Å². The molecule has 0 spiro atoms. The minimum absolute atomic E-state index is 0.114. The van der Waals surface area contributed by atoms with Gasteiger partial charge in [0.1, 0.15) is 5.69 Å². The predicted octanol–water partition coefficient (Wildman–Crippen LogP) is 0.595. The number of hydrogen-bond acceptors (Lipinski definition) is 4. The van der Waals surface area contributed by atoms with Gasteiger partial charge in [-0.05, 0) is 18.1 Å². The van der Waals surface area contributed by atoms with Gasteiger partial charge in [0, 0.05) is 12.5 Å². The number of aryl methyl sites for hydroxylation is 1. The first-order valence-corrected chi connectivity index (χ1v) is 4.32. The Labute approximate surface area is 86.0 Å². The summed E-state index contributed by atoms with van der Waals surface area (Å²) in [6.45, 7) is 0. The number of benzene rings is 1. The highest BCUT2D eigenvalue weighted by molar-refractivity contribution is 5.74. The van der Waals surface area contributed by atoms with Crippen molar-refractivity contribution in [3.63, 3.8) is 0 Å². The summed E-state index contributed by atoms with van der Waals surface area (Å²) < 4.78 is 0. The number of nitrogen functional groups attached to an aromatic ring is 1. The molecule has 0 fully saturated rings. The second-order valence-electron chi connectivity index (χ2n) is 3.12. The third-order valence-corrected chi connectivity index (χ3v) is 1.95. The van der Waals surface area contributed by atoms with Crippen LogP contribution in [0.1, 0.15) is 12.0 Å². The van der Waals surface area contributed by atoms with Crippen molar-refractivity contribution in [2.24, 2.45) is 5.73 Å². The number of hydrogen-bond donors (Lipinski definition) is 2. The molecule has 0 atom stereocenters. The average Bonchev–Trinajstić information content (AvgIpc) is 2.16. The van der Waals surface area contributed by atoms with Crippen LogP contribution in [0.15, 0.2) is 18.2 Å². The Kier molecular flexibility index (Phi) is 3.22. The first-order valence-electron chi connectivity index (χ1n) is 4.32. The quantitative estimate of drug-likeness (QED) is 0.429. The molecule has 0 aromatic heterocycles. The molecule has 0 saturated carbocycles. The lowest BCUT2D eigenvalue weighted by Gasteiger charge is -2.01. The fourth-order valence-electron chi connectivity index (χ4n) is 1.17. The van der Waals surface area contributed by atoms with Gasteiger partial charge in [0.15, 0.2) is 0 Å². The van der Waals surface area contributed by atoms with E-state index in [2.05, 4.69) is 0 Å². The number of anilines is 1. The molecular formula is C9H11N3O3. The van der Waals surface area contributed by atoms with Gasteiger partial charge in [-0.3, -0.25) is 14.9 Å². The van der Waals surface area contributed by atoms with Gasteiger partial charge in [-0.2, -0.15) is 0 Å². The average molecular weight is 209 g/mol. The van der Waals surface area contributed by atoms with Crippen LogP contribution in [0.3, 0.4) is 0 Å². The van der Waals surface area contributed by atoms with E-state index in [9.17, 15) is 14.9 Å². The fraction of sp³-hybridized carbons (Fsp3) is 0.222. The molecule has 4 N–H and O–H groups in total. The third-order valence-electron chi connectivity index (χ3n) is 1.95. The highest BCUT2D eigenvalue weighted by atomic mass is 16.6. The molecule has 0 aliphatic heterocycles.